The Morgan fingerprint density at radius 3 is 1.66 bits per heavy atom. The van der Waals surface area contributed by atoms with E-state index in [9.17, 15) is 5.26 Å². The summed E-state index contributed by atoms with van der Waals surface area (Å²) >= 11 is 0. The molecule has 1 aliphatic carbocycles. The monoisotopic (exact) mass is 789 g/mol. The molecule has 1 unspecified atom stereocenters. The van der Waals surface area contributed by atoms with Crippen molar-refractivity contribution in [2.24, 2.45) is 0 Å². The van der Waals surface area contributed by atoms with Gasteiger partial charge in [0.05, 0.1) is 34.0 Å². The summed E-state index contributed by atoms with van der Waals surface area (Å²) in [6.45, 7) is 0. The van der Waals surface area contributed by atoms with Gasteiger partial charge >= 0.3 is 0 Å². The molecule has 12 rings (SSSR count). The molecule has 1 aliphatic heterocycles. The number of nitrogens with zero attached hydrogens (tertiary/aromatic N) is 3. The molecule has 288 valence electrons. The van der Waals surface area contributed by atoms with Gasteiger partial charge in [0.15, 0.2) is 5.82 Å². The minimum absolute atomic E-state index is 0.602. The van der Waals surface area contributed by atoms with Gasteiger partial charge in [-0.1, -0.05) is 182 Å². The van der Waals surface area contributed by atoms with Crippen LogP contribution in [0.25, 0.3) is 78.1 Å². The highest BCUT2D eigenvalue weighted by Crippen LogP contribution is 2.64. The van der Waals surface area contributed by atoms with E-state index in [4.69, 9.17) is 14.7 Å². The highest BCUT2D eigenvalue weighted by molar-refractivity contribution is 6.08. The van der Waals surface area contributed by atoms with Crippen LogP contribution in [0, 0.1) is 11.3 Å². The van der Waals surface area contributed by atoms with Crippen LogP contribution in [-0.2, 0) is 5.41 Å². The van der Waals surface area contributed by atoms with Crippen LogP contribution in [0.15, 0.2) is 212 Å². The molecule has 1 aromatic heterocycles. The molecule has 9 aromatic carbocycles. The summed E-state index contributed by atoms with van der Waals surface area (Å²) in [7, 11) is 0. The molecule has 1 spiro atoms. The van der Waals surface area contributed by atoms with Crippen LogP contribution in [0.4, 0.5) is 0 Å². The first-order valence-electron chi connectivity index (χ1n) is 20.9. The number of hydrogen-bond donors (Lipinski definition) is 0. The Labute approximate surface area is 359 Å². The van der Waals surface area contributed by atoms with Gasteiger partial charge in [-0.3, -0.25) is 0 Å². The van der Waals surface area contributed by atoms with Gasteiger partial charge in [0.25, 0.3) is 0 Å². The number of fused-ring (bicyclic) bond motifs is 10. The fourth-order valence-electron chi connectivity index (χ4n) is 9.96. The van der Waals surface area contributed by atoms with Crippen LogP contribution < -0.4 is 4.74 Å². The molecule has 62 heavy (non-hydrogen) atoms. The van der Waals surface area contributed by atoms with E-state index in [1.807, 2.05) is 60.7 Å². The highest BCUT2D eigenvalue weighted by Gasteiger charge is 2.52. The molecule has 0 saturated carbocycles. The summed E-state index contributed by atoms with van der Waals surface area (Å²) < 4.78 is 7.12. The molecular weight excluding hydrogens is 755 g/mol. The molecular formula is C58H35N3O. The van der Waals surface area contributed by atoms with Crippen LogP contribution in [0.5, 0.6) is 11.5 Å². The normalized spacial score (nSPS) is 14.3. The van der Waals surface area contributed by atoms with Gasteiger partial charge in [-0.25, -0.2) is 9.97 Å². The van der Waals surface area contributed by atoms with Crippen LogP contribution in [-0.4, -0.2) is 9.97 Å². The van der Waals surface area contributed by atoms with Gasteiger partial charge in [0.1, 0.15) is 11.5 Å². The Balaban J connectivity index is 1.11. The first-order chi connectivity index (χ1) is 30.7. The van der Waals surface area contributed by atoms with Gasteiger partial charge < -0.3 is 4.74 Å². The number of para-hydroxylation sites is 2. The summed E-state index contributed by atoms with van der Waals surface area (Å²) in [6.07, 6.45) is 0. The third kappa shape index (κ3) is 5.32. The molecule has 10 aromatic rings. The lowest BCUT2D eigenvalue weighted by molar-refractivity contribution is 0.437. The summed E-state index contributed by atoms with van der Waals surface area (Å²) in [5.74, 6) is 2.16. The number of aromatic nitrogens is 2. The number of rotatable bonds is 5. The Kier molecular flexibility index (Phi) is 8.10. The lowest BCUT2D eigenvalue weighted by Crippen LogP contribution is -2.32. The van der Waals surface area contributed by atoms with Gasteiger partial charge in [-0.2, -0.15) is 5.26 Å². The maximum absolute atomic E-state index is 9.48. The summed E-state index contributed by atoms with van der Waals surface area (Å²) in [4.78, 5) is 10.6. The molecule has 0 bridgehead atoms. The van der Waals surface area contributed by atoms with E-state index in [0.29, 0.717) is 11.4 Å². The van der Waals surface area contributed by atoms with Crippen LogP contribution in [0.3, 0.4) is 0 Å². The predicted octanol–water partition coefficient (Wildman–Crippen LogP) is 14.3. The fraction of sp³-hybridized carbons (Fsp3) is 0.0172. The minimum atomic E-state index is -0.709. The smallest absolute Gasteiger partial charge is 0.164 e. The molecule has 2 heterocycles. The van der Waals surface area contributed by atoms with Crippen LogP contribution in [0.1, 0.15) is 27.8 Å². The van der Waals surface area contributed by atoms with E-state index >= 15 is 0 Å². The van der Waals surface area contributed by atoms with Gasteiger partial charge in [0, 0.05) is 22.3 Å². The maximum Gasteiger partial charge on any atom is 0.164 e. The third-order valence-corrected chi connectivity index (χ3v) is 12.6. The van der Waals surface area contributed by atoms with Crippen molar-refractivity contribution in [1.29, 1.82) is 5.26 Å². The SMILES string of the molecule is N#Cc1ccc(-c2ccc(-c3cccc4c3-c3ccccc3C43c4ccccc4Oc4c(-c5nc(-c6ccccc6)cc(-c6ccccc6)n5)cccc43)c3ccccc23)cc1. The molecule has 4 heteroatoms. The first-order valence-corrected chi connectivity index (χ1v) is 20.9. The average molecular weight is 790 g/mol. The van der Waals surface area contributed by atoms with Crippen molar-refractivity contribution in [3.8, 4) is 84.9 Å². The Morgan fingerprint density at radius 1 is 0.403 bits per heavy atom. The minimum Gasteiger partial charge on any atom is -0.456 e. The zero-order chi connectivity index (χ0) is 41.2. The van der Waals surface area contributed by atoms with E-state index in [1.54, 1.807) is 0 Å². The molecule has 0 saturated heterocycles. The Hall–Kier alpha value is -8.39. The second-order valence-electron chi connectivity index (χ2n) is 15.9. The second-order valence-corrected chi connectivity index (χ2v) is 15.9. The van der Waals surface area contributed by atoms with Gasteiger partial charge in [-0.15, -0.1) is 0 Å². The quantitative estimate of drug-likeness (QED) is 0.174. The van der Waals surface area contributed by atoms with Crippen molar-refractivity contribution in [3.05, 3.63) is 240 Å². The molecule has 0 radical (unpaired) electrons. The molecule has 2 aliphatic rings. The van der Waals surface area contributed by atoms with E-state index in [1.165, 1.54) is 33.2 Å². The fourth-order valence-corrected chi connectivity index (χ4v) is 9.96. The van der Waals surface area contributed by atoms with Gasteiger partial charge in [0.2, 0.25) is 0 Å². The number of hydrogen-bond acceptors (Lipinski definition) is 4. The Bertz CT molecular complexity index is 3390. The highest BCUT2D eigenvalue weighted by atomic mass is 16.5. The molecule has 1 atom stereocenters. The van der Waals surface area contributed by atoms with Crippen molar-refractivity contribution >= 4 is 10.8 Å². The van der Waals surface area contributed by atoms with E-state index < -0.39 is 5.41 Å². The Morgan fingerprint density at radius 2 is 0.952 bits per heavy atom. The topological polar surface area (TPSA) is 58.8 Å². The largest absolute Gasteiger partial charge is 0.456 e. The van der Waals surface area contributed by atoms with Crippen molar-refractivity contribution < 1.29 is 4.74 Å². The maximum atomic E-state index is 9.48. The lowest BCUT2D eigenvalue weighted by Gasteiger charge is -2.40. The van der Waals surface area contributed by atoms with Crippen molar-refractivity contribution in [2.45, 2.75) is 5.41 Å². The number of nitriles is 1. The summed E-state index contributed by atoms with van der Waals surface area (Å²) in [5.41, 5.74) is 16.0. The molecule has 4 nitrogen and oxygen atoms in total. The van der Waals surface area contributed by atoms with E-state index in [0.717, 1.165) is 72.8 Å². The average Bonchev–Trinajstić information content (AvgIpc) is 3.65. The van der Waals surface area contributed by atoms with E-state index in [2.05, 4.69) is 158 Å². The van der Waals surface area contributed by atoms with E-state index in [-0.39, 0.29) is 0 Å². The first kappa shape index (κ1) is 35.5. The molecule has 0 fully saturated rings. The second kappa shape index (κ2) is 14.1. The lowest BCUT2D eigenvalue weighted by atomic mass is 9.65. The summed E-state index contributed by atoms with van der Waals surface area (Å²) in [6, 6.07) is 76.6. The number of ether oxygens (including phenoxy) is 1. The van der Waals surface area contributed by atoms with Crippen LogP contribution >= 0.6 is 0 Å². The zero-order valence-electron chi connectivity index (χ0n) is 33.5. The zero-order valence-corrected chi connectivity index (χ0v) is 33.5. The van der Waals surface area contributed by atoms with Crippen molar-refractivity contribution in [3.63, 3.8) is 0 Å². The van der Waals surface area contributed by atoms with Gasteiger partial charge in [-0.05, 0) is 85.6 Å². The summed E-state index contributed by atoms with van der Waals surface area (Å²) in [5, 5.41) is 11.8. The van der Waals surface area contributed by atoms with Crippen molar-refractivity contribution in [2.75, 3.05) is 0 Å². The van der Waals surface area contributed by atoms with Crippen molar-refractivity contribution in [1.82, 2.24) is 9.97 Å². The molecule has 0 amide bonds. The molecule has 0 N–H and O–H groups in total. The predicted molar refractivity (Wildman–Crippen MR) is 249 cm³/mol. The third-order valence-electron chi connectivity index (χ3n) is 12.6. The van der Waals surface area contributed by atoms with Crippen LogP contribution in [0.2, 0.25) is 0 Å². The number of benzene rings is 9. The standard InChI is InChI=1S/C58H35N3O/c59-36-37-29-31-38(32-30-37)41-33-34-44(43-20-8-7-19-42(41)43)45-22-13-26-50-55(45)46-21-9-10-24-48(46)58(50)49-25-11-12-28-54(49)62-56-47(23-14-27-51(56)58)57-60-52(39-15-3-1-4-16-39)35-53(61-57)40-17-5-2-6-18-40/h1-35H.